The zero-order valence-corrected chi connectivity index (χ0v) is 14.4. The van der Waals surface area contributed by atoms with E-state index < -0.39 is 0 Å². The van der Waals surface area contributed by atoms with Crippen LogP contribution in [-0.4, -0.2) is 26.9 Å². The summed E-state index contributed by atoms with van der Waals surface area (Å²) in [5, 5.41) is 8.47. The lowest BCUT2D eigenvalue weighted by molar-refractivity contribution is -0.120. The number of hydrogen-bond acceptors (Lipinski definition) is 5. The van der Waals surface area contributed by atoms with E-state index in [-0.39, 0.29) is 11.8 Å². The molecule has 3 aromatic rings. The fourth-order valence-corrected chi connectivity index (χ4v) is 3.52. The van der Waals surface area contributed by atoms with Crippen molar-refractivity contribution in [3.63, 3.8) is 0 Å². The molecule has 1 saturated carbocycles. The van der Waals surface area contributed by atoms with Crippen LogP contribution in [0.25, 0.3) is 10.8 Å². The molecule has 0 spiro atoms. The molecular formula is C20H21N5O. The molecule has 2 heterocycles. The molecule has 0 unspecified atom stereocenters. The maximum absolute atomic E-state index is 12.7. The zero-order chi connectivity index (χ0) is 17.8. The van der Waals surface area contributed by atoms with E-state index in [0.29, 0.717) is 11.9 Å². The molecule has 0 aliphatic heterocycles. The van der Waals surface area contributed by atoms with Gasteiger partial charge in [0.05, 0.1) is 6.20 Å². The number of benzene rings is 1. The van der Waals surface area contributed by atoms with E-state index in [1.54, 1.807) is 24.8 Å². The molecule has 1 fully saturated rings. The van der Waals surface area contributed by atoms with Gasteiger partial charge in [-0.25, -0.2) is 9.97 Å². The lowest BCUT2D eigenvalue weighted by Gasteiger charge is -2.28. The molecular weight excluding hydrogens is 326 g/mol. The molecule has 0 atom stereocenters. The Morgan fingerprint density at radius 1 is 0.962 bits per heavy atom. The molecule has 1 aliphatic carbocycles. The predicted molar refractivity (Wildman–Crippen MR) is 102 cm³/mol. The minimum atomic E-state index is 0.0238. The highest BCUT2D eigenvalue weighted by Gasteiger charge is 2.27. The summed E-state index contributed by atoms with van der Waals surface area (Å²) in [5.74, 6) is 1.52. The maximum Gasteiger partial charge on any atom is 0.228 e. The van der Waals surface area contributed by atoms with Gasteiger partial charge in [-0.05, 0) is 37.1 Å². The molecule has 1 aliphatic rings. The third kappa shape index (κ3) is 3.64. The van der Waals surface area contributed by atoms with Crippen molar-refractivity contribution in [2.45, 2.75) is 31.7 Å². The number of carbonyl (C=O) groups excluding carboxylic acids is 1. The molecule has 1 amide bonds. The highest BCUT2D eigenvalue weighted by molar-refractivity contribution is 6.01. The van der Waals surface area contributed by atoms with E-state index in [0.717, 1.165) is 42.3 Å². The summed E-state index contributed by atoms with van der Waals surface area (Å²) in [4.78, 5) is 25.4. The number of nitrogens with zero attached hydrogens (tertiary/aromatic N) is 3. The smallest absolute Gasteiger partial charge is 0.228 e. The Morgan fingerprint density at radius 2 is 1.81 bits per heavy atom. The minimum Gasteiger partial charge on any atom is -0.366 e. The van der Waals surface area contributed by atoms with E-state index in [2.05, 4.69) is 25.6 Å². The van der Waals surface area contributed by atoms with Gasteiger partial charge in [0.25, 0.3) is 0 Å². The Bertz CT molecular complexity index is 886. The third-order valence-corrected chi connectivity index (χ3v) is 4.93. The van der Waals surface area contributed by atoms with E-state index >= 15 is 0 Å². The summed E-state index contributed by atoms with van der Waals surface area (Å²) in [5.41, 5.74) is 0. The number of pyridine rings is 1. The number of nitrogens with one attached hydrogen (secondary N) is 2. The van der Waals surface area contributed by atoms with Crippen LogP contribution < -0.4 is 10.6 Å². The summed E-state index contributed by atoms with van der Waals surface area (Å²) in [7, 11) is 0. The van der Waals surface area contributed by atoms with E-state index in [4.69, 9.17) is 0 Å². The molecule has 132 valence electrons. The molecule has 0 bridgehead atoms. The standard InChI is InChI=1S/C20H21N5O/c26-20(25-19-17-4-2-1-3-14(17)9-10-23-19)15-5-7-16(8-6-15)24-18-13-21-11-12-22-18/h1-4,9-13,15-16H,5-8H2,(H,22,24)(H,23,25,26). The molecule has 26 heavy (non-hydrogen) atoms. The van der Waals surface area contributed by atoms with Crippen LogP contribution in [0.3, 0.4) is 0 Å². The number of fused-ring (bicyclic) bond motifs is 1. The molecule has 2 aromatic heterocycles. The fraction of sp³-hybridized carbons (Fsp3) is 0.300. The van der Waals surface area contributed by atoms with Gasteiger partial charge in [0.2, 0.25) is 5.91 Å². The number of carbonyl (C=O) groups is 1. The van der Waals surface area contributed by atoms with Gasteiger partial charge in [0.1, 0.15) is 11.6 Å². The van der Waals surface area contributed by atoms with Crippen molar-refractivity contribution in [1.29, 1.82) is 0 Å². The minimum absolute atomic E-state index is 0.0238. The first-order valence-electron chi connectivity index (χ1n) is 8.97. The van der Waals surface area contributed by atoms with Crippen LogP contribution >= 0.6 is 0 Å². The lowest BCUT2D eigenvalue weighted by atomic mass is 9.85. The molecule has 6 nitrogen and oxygen atoms in total. The van der Waals surface area contributed by atoms with Gasteiger partial charge >= 0.3 is 0 Å². The van der Waals surface area contributed by atoms with Crippen molar-refractivity contribution in [1.82, 2.24) is 15.0 Å². The van der Waals surface area contributed by atoms with Gasteiger partial charge in [0.15, 0.2) is 0 Å². The Morgan fingerprint density at radius 3 is 2.62 bits per heavy atom. The second-order valence-corrected chi connectivity index (χ2v) is 6.65. The molecule has 4 rings (SSSR count). The highest BCUT2D eigenvalue weighted by atomic mass is 16.1. The van der Waals surface area contributed by atoms with Crippen LogP contribution in [0, 0.1) is 5.92 Å². The summed E-state index contributed by atoms with van der Waals surface area (Å²) in [6, 6.07) is 10.2. The van der Waals surface area contributed by atoms with Crippen molar-refractivity contribution in [3.05, 3.63) is 55.1 Å². The van der Waals surface area contributed by atoms with Crippen molar-refractivity contribution in [3.8, 4) is 0 Å². The van der Waals surface area contributed by atoms with Crippen LogP contribution in [0.4, 0.5) is 11.6 Å². The summed E-state index contributed by atoms with van der Waals surface area (Å²) >= 11 is 0. The highest BCUT2D eigenvalue weighted by Crippen LogP contribution is 2.28. The quantitative estimate of drug-likeness (QED) is 0.753. The number of anilines is 2. The van der Waals surface area contributed by atoms with Crippen molar-refractivity contribution in [2.24, 2.45) is 5.92 Å². The lowest BCUT2D eigenvalue weighted by Crippen LogP contribution is -2.32. The largest absolute Gasteiger partial charge is 0.366 e. The third-order valence-electron chi connectivity index (χ3n) is 4.93. The molecule has 0 radical (unpaired) electrons. The van der Waals surface area contributed by atoms with E-state index in [1.165, 1.54) is 0 Å². The molecule has 1 aromatic carbocycles. The van der Waals surface area contributed by atoms with Gasteiger partial charge in [-0.2, -0.15) is 0 Å². The van der Waals surface area contributed by atoms with Crippen LogP contribution in [0.5, 0.6) is 0 Å². The topological polar surface area (TPSA) is 79.8 Å². The van der Waals surface area contributed by atoms with Gasteiger partial charge in [0, 0.05) is 35.9 Å². The summed E-state index contributed by atoms with van der Waals surface area (Å²) < 4.78 is 0. The van der Waals surface area contributed by atoms with Crippen molar-refractivity contribution >= 4 is 28.3 Å². The number of hydrogen-bond donors (Lipinski definition) is 2. The molecule has 6 heteroatoms. The van der Waals surface area contributed by atoms with Gasteiger partial charge in [-0.3, -0.25) is 9.78 Å². The first-order valence-corrected chi connectivity index (χ1v) is 8.97. The Labute approximate surface area is 152 Å². The van der Waals surface area contributed by atoms with Crippen LogP contribution in [0.2, 0.25) is 0 Å². The fourth-order valence-electron chi connectivity index (χ4n) is 3.52. The van der Waals surface area contributed by atoms with Crippen LogP contribution in [0.15, 0.2) is 55.1 Å². The first kappa shape index (κ1) is 16.4. The van der Waals surface area contributed by atoms with Crippen LogP contribution in [0.1, 0.15) is 25.7 Å². The monoisotopic (exact) mass is 347 g/mol. The maximum atomic E-state index is 12.7. The van der Waals surface area contributed by atoms with Gasteiger partial charge < -0.3 is 10.6 Å². The van der Waals surface area contributed by atoms with Crippen LogP contribution in [-0.2, 0) is 4.79 Å². The SMILES string of the molecule is O=C(Nc1nccc2ccccc12)C1CCC(Nc2cnccn2)CC1. The summed E-state index contributed by atoms with van der Waals surface area (Å²) in [6.07, 6.45) is 10.4. The molecule has 2 N–H and O–H groups in total. The average molecular weight is 347 g/mol. The van der Waals surface area contributed by atoms with Crippen molar-refractivity contribution in [2.75, 3.05) is 10.6 Å². The van der Waals surface area contributed by atoms with Gasteiger partial charge in [-0.1, -0.05) is 24.3 Å². The Hall–Kier alpha value is -3.02. The molecule has 0 saturated heterocycles. The van der Waals surface area contributed by atoms with Crippen molar-refractivity contribution < 1.29 is 4.79 Å². The second-order valence-electron chi connectivity index (χ2n) is 6.65. The number of rotatable bonds is 4. The zero-order valence-electron chi connectivity index (χ0n) is 14.4. The average Bonchev–Trinajstić information content (AvgIpc) is 2.70. The first-order chi connectivity index (χ1) is 12.8. The number of amides is 1. The second kappa shape index (κ2) is 7.47. The Balaban J connectivity index is 1.36. The Kier molecular flexibility index (Phi) is 4.73. The van der Waals surface area contributed by atoms with Gasteiger partial charge in [-0.15, -0.1) is 0 Å². The summed E-state index contributed by atoms with van der Waals surface area (Å²) in [6.45, 7) is 0. The predicted octanol–water partition coefficient (Wildman–Crippen LogP) is 3.63. The van der Waals surface area contributed by atoms with E-state index in [9.17, 15) is 4.79 Å². The number of aromatic nitrogens is 3. The normalized spacial score (nSPS) is 19.8. The van der Waals surface area contributed by atoms with E-state index in [1.807, 2.05) is 30.3 Å².